The molecular weight excluding hydrogens is 450 g/mol. The van der Waals surface area contributed by atoms with Crippen LogP contribution < -0.4 is 0 Å². The molecule has 2 rings (SSSR count). The molecule has 0 spiro atoms. The van der Waals surface area contributed by atoms with Gasteiger partial charge in [-0.2, -0.15) is 0 Å². The molecule has 1 amide bonds. The molecule has 5 nitrogen and oxygen atoms in total. The highest BCUT2D eigenvalue weighted by Gasteiger charge is 2.21. The fourth-order valence-corrected chi connectivity index (χ4v) is 4.35. The van der Waals surface area contributed by atoms with E-state index in [0.717, 1.165) is 24.8 Å². The second kappa shape index (κ2) is 18.6. The molecule has 0 aliphatic rings. The van der Waals surface area contributed by atoms with Gasteiger partial charge in [-0.05, 0) is 24.1 Å². The molecule has 0 aliphatic heterocycles. The lowest BCUT2D eigenvalue weighted by molar-refractivity contribution is -0.0649. The van der Waals surface area contributed by atoms with Crippen LogP contribution in [0.15, 0.2) is 54.6 Å². The van der Waals surface area contributed by atoms with Crippen molar-refractivity contribution in [3.63, 3.8) is 0 Å². The summed E-state index contributed by atoms with van der Waals surface area (Å²) in [6.45, 7) is 2.64. The van der Waals surface area contributed by atoms with E-state index in [-0.39, 0.29) is 17.7 Å². The number of benzene rings is 2. The summed E-state index contributed by atoms with van der Waals surface area (Å²) in [5, 5.41) is 10.9. The van der Waals surface area contributed by atoms with Crippen molar-refractivity contribution in [2.24, 2.45) is 0 Å². The first-order chi connectivity index (χ1) is 17.6. The lowest BCUT2D eigenvalue weighted by Gasteiger charge is -2.17. The quantitative estimate of drug-likeness (QED) is 0.0920. The molecule has 0 heterocycles. The van der Waals surface area contributed by atoms with Crippen molar-refractivity contribution in [3.05, 3.63) is 71.3 Å². The van der Waals surface area contributed by atoms with Crippen LogP contribution in [0.3, 0.4) is 0 Å². The summed E-state index contributed by atoms with van der Waals surface area (Å²) in [5.41, 5.74) is 1.12. The third-order valence-electron chi connectivity index (χ3n) is 6.52. The van der Waals surface area contributed by atoms with Gasteiger partial charge in [-0.25, -0.2) is 9.86 Å². The molecule has 2 aromatic rings. The third kappa shape index (κ3) is 11.9. The van der Waals surface area contributed by atoms with Gasteiger partial charge >= 0.3 is 5.97 Å². The van der Waals surface area contributed by atoms with Gasteiger partial charge in [-0.3, -0.25) is 10.0 Å². The molecule has 0 unspecified atom stereocenters. The van der Waals surface area contributed by atoms with Gasteiger partial charge in [0.05, 0.1) is 24.3 Å². The number of hydroxylamine groups is 2. The molecule has 198 valence electrons. The van der Waals surface area contributed by atoms with Crippen LogP contribution in [-0.2, 0) is 11.3 Å². The zero-order valence-corrected chi connectivity index (χ0v) is 22.1. The van der Waals surface area contributed by atoms with Crippen LogP contribution in [-0.4, -0.2) is 28.8 Å². The maximum Gasteiger partial charge on any atom is 0.338 e. The van der Waals surface area contributed by atoms with E-state index >= 15 is 0 Å². The molecule has 2 aromatic carbocycles. The van der Waals surface area contributed by atoms with Gasteiger partial charge in [0.25, 0.3) is 5.91 Å². The van der Waals surface area contributed by atoms with Crippen molar-refractivity contribution < 1.29 is 19.5 Å². The normalized spacial score (nSPS) is 10.8. The van der Waals surface area contributed by atoms with Gasteiger partial charge in [-0.15, -0.1) is 0 Å². The topological polar surface area (TPSA) is 66.8 Å². The predicted octanol–water partition coefficient (Wildman–Crippen LogP) is 8.36. The Hall–Kier alpha value is -2.66. The van der Waals surface area contributed by atoms with E-state index in [2.05, 4.69) is 6.92 Å². The Labute approximate surface area is 217 Å². The first-order valence-corrected chi connectivity index (χ1v) is 13.9. The summed E-state index contributed by atoms with van der Waals surface area (Å²) in [6.07, 6.45) is 17.8. The number of carbonyl (C=O) groups is 2. The van der Waals surface area contributed by atoms with Crippen molar-refractivity contribution in [3.8, 4) is 0 Å². The summed E-state index contributed by atoms with van der Waals surface area (Å²) >= 11 is 0. The molecule has 36 heavy (non-hydrogen) atoms. The van der Waals surface area contributed by atoms with Crippen molar-refractivity contribution in [2.75, 3.05) is 6.61 Å². The molecule has 1 N–H and O–H groups in total. The molecule has 0 bridgehead atoms. The lowest BCUT2D eigenvalue weighted by atomic mass is 10.0. The van der Waals surface area contributed by atoms with Crippen molar-refractivity contribution in [2.45, 2.75) is 103 Å². The average molecular weight is 496 g/mol. The number of esters is 1. The van der Waals surface area contributed by atoms with Crippen molar-refractivity contribution >= 4 is 11.9 Å². The highest BCUT2D eigenvalue weighted by molar-refractivity contribution is 6.04. The van der Waals surface area contributed by atoms with E-state index in [0.29, 0.717) is 11.7 Å². The van der Waals surface area contributed by atoms with Gasteiger partial charge in [0, 0.05) is 0 Å². The SMILES string of the molecule is CCCCCCCCCCCCCCCCOC(=O)c1ccccc1C(=O)N(O)Cc1ccccc1. The van der Waals surface area contributed by atoms with Crippen LogP contribution >= 0.6 is 0 Å². The second-order valence-electron chi connectivity index (χ2n) is 9.63. The molecule has 0 aromatic heterocycles. The van der Waals surface area contributed by atoms with Gasteiger partial charge in [-0.1, -0.05) is 133 Å². The molecular formula is C31H45NO4. The third-order valence-corrected chi connectivity index (χ3v) is 6.52. The van der Waals surface area contributed by atoms with Crippen LogP contribution in [0.5, 0.6) is 0 Å². The smallest absolute Gasteiger partial charge is 0.338 e. The van der Waals surface area contributed by atoms with E-state index in [1.165, 1.54) is 70.6 Å². The summed E-state index contributed by atoms with van der Waals surface area (Å²) in [4.78, 5) is 25.4. The zero-order chi connectivity index (χ0) is 25.8. The number of rotatable bonds is 19. The predicted molar refractivity (Wildman–Crippen MR) is 145 cm³/mol. The maximum absolute atomic E-state index is 12.8. The Morgan fingerprint density at radius 3 is 1.69 bits per heavy atom. The highest BCUT2D eigenvalue weighted by atomic mass is 16.5. The Balaban J connectivity index is 1.59. The molecule has 0 fully saturated rings. The van der Waals surface area contributed by atoms with Crippen LogP contribution in [0.4, 0.5) is 0 Å². The molecule has 0 saturated carbocycles. The van der Waals surface area contributed by atoms with E-state index in [9.17, 15) is 14.8 Å². The Morgan fingerprint density at radius 1 is 0.667 bits per heavy atom. The van der Waals surface area contributed by atoms with Crippen LogP contribution in [0.1, 0.15) is 123 Å². The first kappa shape index (κ1) is 29.6. The fourth-order valence-electron chi connectivity index (χ4n) is 4.35. The van der Waals surface area contributed by atoms with Crippen molar-refractivity contribution in [1.29, 1.82) is 0 Å². The summed E-state index contributed by atoms with van der Waals surface area (Å²) in [6, 6.07) is 15.7. The number of carbonyl (C=O) groups excluding carboxylic acids is 2. The zero-order valence-electron chi connectivity index (χ0n) is 22.1. The lowest BCUT2D eigenvalue weighted by Crippen LogP contribution is -2.28. The second-order valence-corrected chi connectivity index (χ2v) is 9.63. The van der Waals surface area contributed by atoms with Crippen LogP contribution in [0.2, 0.25) is 0 Å². The summed E-state index contributed by atoms with van der Waals surface area (Å²) in [7, 11) is 0. The monoisotopic (exact) mass is 495 g/mol. The Morgan fingerprint density at radius 2 is 1.14 bits per heavy atom. The minimum atomic E-state index is -0.622. The van der Waals surface area contributed by atoms with Gasteiger partial charge in [0.1, 0.15) is 0 Å². The number of amides is 1. The van der Waals surface area contributed by atoms with E-state index in [1.54, 1.807) is 24.3 Å². The minimum Gasteiger partial charge on any atom is -0.462 e. The molecule has 0 saturated heterocycles. The molecule has 0 radical (unpaired) electrons. The van der Waals surface area contributed by atoms with E-state index in [4.69, 9.17) is 4.74 Å². The molecule has 5 heteroatoms. The van der Waals surface area contributed by atoms with E-state index in [1.807, 2.05) is 30.3 Å². The highest BCUT2D eigenvalue weighted by Crippen LogP contribution is 2.16. The number of hydrogen-bond donors (Lipinski definition) is 1. The van der Waals surface area contributed by atoms with Crippen molar-refractivity contribution in [1.82, 2.24) is 5.06 Å². The number of unbranched alkanes of at least 4 members (excludes halogenated alkanes) is 13. The number of hydrogen-bond acceptors (Lipinski definition) is 4. The van der Waals surface area contributed by atoms with E-state index < -0.39 is 11.9 Å². The minimum absolute atomic E-state index is 0.0438. The largest absolute Gasteiger partial charge is 0.462 e. The maximum atomic E-state index is 12.8. The van der Waals surface area contributed by atoms with Gasteiger partial charge in [0.2, 0.25) is 0 Å². The Bertz CT molecular complexity index is 868. The van der Waals surface area contributed by atoms with Crippen LogP contribution in [0.25, 0.3) is 0 Å². The molecule has 0 atom stereocenters. The molecule has 0 aliphatic carbocycles. The Kier molecular flexibility index (Phi) is 15.3. The number of nitrogens with zero attached hydrogens (tertiary/aromatic N) is 1. The first-order valence-electron chi connectivity index (χ1n) is 13.9. The van der Waals surface area contributed by atoms with Gasteiger partial charge < -0.3 is 4.74 Å². The summed E-state index contributed by atoms with van der Waals surface area (Å²) < 4.78 is 5.43. The fraction of sp³-hybridized carbons (Fsp3) is 0.548. The van der Waals surface area contributed by atoms with Crippen LogP contribution in [0, 0.1) is 0 Å². The number of ether oxygens (including phenoxy) is 1. The average Bonchev–Trinajstić information content (AvgIpc) is 2.91. The summed E-state index contributed by atoms with van der Waals surface area (Å²) in [5.74, 6) is -1.15. The standard InChI is InChI=1S/C31H45NO4/c1-2-3-4-5-6-7-8-9-10-11-12-13-14-20-25-36-31(34)29-24-19-18-23-28(29)30(33)32(35)26-27-21-16-15-17-22-27/h15-19,21-24,35H,2-14,20,25-26H2,1H3. The van der Waals surface area contributed by atoms with Gasteiger partial charge in [0.15, 0.2) is 0 Å².